The number of nitrogens with zero attached hydrogens (tertiary/aromatic N) is 1. The van der Waals surface area contributed by atoms with Gasteiger partial charge in [0.25, 0.3) is 0 Å². The van der Waals surface area contributed by atoms with E-state index in [0.29, 0.717) is 25.3 Å². The molecule has 1 aromatic carbocycles. The van der Waals surface area contributed by atoms with Crippen LogP contribution in [0, 0.1) is 5.95 Å². The molecule has 0 aliphatic rings. The molecule has 0 unspecified atom stereocenters. The van der Waals surface area contributed by atoms with Crippen LogP contribution in [0.5, 0.6) is 0 Å². The van der Waals surface area contributed by atoms with E-state index in [1.807, 2.05) is 36.4 Å². The highest BCUT2D eigenvalue weighted by Crippen LogP contribution is 2.20. The van der Waals surface area contributed by atoms with E-state index in [1.54, 1.807) is 23.9 Å². The van der Waals surface area contributed by atoms with Crippen LogP contribution in [0.25, 0.3) is 0 Å². The van der Waals surface area contributed by atoms with Crippen molar-refractivity contribution < 1.29 is 49.3 Å². The molecule has 30 heavy (non-hydrogen) atoms. The Morgan fingerprint density at radius 3 is 2.23 bits per heavy atom. The molecule has 0 saturated heterocycles. The first kappa shape index (κ1) is 25.9. The molecule has 0 radical (unpaired) electrons. The number of aromatic nitrogens is 1. The monoisotopic (exact) mass is 455 g/mol. The van der Waals surface area contributed by atoms with E-state index in [9.17, 15) is 17.6 Å². The van der Waals surface area contributed by atoms with Crippen molar-refractivity contribution in [3.63, 3.8) is 0 Å². The second kappa shape index (κ2) is 12.5. The third kappa shape index (κ3) is 9.59. The van der Waals surface area contributed by atoms with Gasteiger partial charge in [0, 0.05) is 18.7 Å². The molecule has 1 aromatic heterocycles. The van der Waals surface area contributed by atoms with Gasteiger partial charge >= 0.3 is 11.5 Å². The van der Waals surface area contributed by atoms with Crippen molar-refractivity contribution >= 4 is 10.1 Å². The third-order valence-electron chi connectivity index (χ3n) is 3.42. The highest BCUT2D eigenvalue weighted by atomic mass is 32.2. The molecule has 2 rings (SSSR count). The summed E-state index contributed by atoms with van der Waals surface area (Å²) in [6.07, 6.45) is 1.72. The molecular formula is C18H21F4NO6S. The number of alkyl halides is 3. The van der Waals surface area contributed by atoms with Gasteiger partial charge in [-0.25, -0.2) is 8.42 Å². The Hall–Kier alpha value is -2.12. The lowest BCUT2D eigenvalue weighted by Gasteiger charge is -2.08. The summed E-state index contributed by atoms with van der Waals surface area (Å²) in [6.45, 7) is 1.76. The summed E-state index contributed by atoms with van der Waals surface area (Å²) in [6, 6.07) is 13.3. The van der Waals surface area contributed by atoms with Gasteiger partial charge in [0.05, 0.1) is 25.4 Å². The summed E-state index contributed by atoms with van der Waals surface area (Å²) in [4.78, 5) is 0. The van der Waals surface area contributed by atoms with Gasteiger partial charge in [-0.15, -0.1) is 4.39 Å². The lowest BCUT2D eigenvalue weighted by molar-refractivity contribution is -0.716. The molecule has 0 amide bonds. The molecule has 7 nitrogen and oxygen atoms in total. The number of pyridine rings is 1. The normalized spacial score (nSPS) is 11.7. The zero-order valence-electron chi connectivity index (χ0n) is 16.0. The van der Waals surface area contributed by atoms with Crippen molar-refractivity contribution in [1.29, 1.82) is 0 Å². The lowest BCUT2D eigenvalue weighted by atomic mass is 10.2. The maximum Gasteiger partial charge on any atom is 0.485 e. The summed E-state index contributed by atoms with van der Waals surface area (Å²) in [7, 11) is -4.48. The van der Waals surface area contributed by atoms with E-state index in [4.69, 9.17) is 27.2 Å². The molecule has 0 aliphatic carbocycles. The SMILES string of the molecule is COCCOCOCc1ccc[n+](Cc2ccccc2)c1F.O=S(=O)([O-])C(F)(F)F. The second-order valence-electron chi connectivity index (χ2n) is 5.70. The predicted molar refractivity (Wildman–Crippen MR) is 95.4 cm³/mol. The molecule has 12 heteroatoms. The van der Waals surface area contributed by atoms with Gasteiger partial charge in [-0.1, -0.05) is 30.3 Å². The highest BCUT2D eigenvalue weighted by molar-refractivity contribution is 7.86. The second-order valence-corrected chi connectivity index (χ2v) is 7.08. The molecular weight excluding hydrogens is 434 g/mol. The molecule has 168 valence electrons. The van der Waals surface area contributed by atoms with Gasteiger partial charge in [0.2, 0.25) is 0 Å². The summed E-state index contributed by atoms with van der Waals surface area (Å²) < 4.78 is 90.2. The fraction of sp³-hybridized carbons (Fsp3) is 0.389. The van der Waals surface area contributed by atoms with Gasteiger partial charge < -0.3 is 18.8 Å². The van der Waals surface area contributed by atoms with Crippen LogP contribution < -0.4 is 4.57 Å². The molecule has 0 N–H and O–H groups in total. The number of rotatable bonds is 9. The van der Waals surface area contributed by atoms with Crippen LogP contribution in [0.2, 0.25) is 0 Å². The van der Waals surface area contributed by atoms with Gasteiger partial charge in [-0.05, 0) is 6.07 Å². The largest absolute Gasteiger partial charge is 0.741 e. The van der Waals surface area contributed by atoms with Gasteiger partial charge in [0.15, 0.2) is 22.9 Å². The zero-order valence-corrected chi connectivity index (χ0v) is 16.8. The zero-order chi connectivity index (χ0) is 22.6. The number of halogens is 4. The van der Waals surface area contributed by atoms with Crippen LogP contribution in [0.1, 0.15) is 11.1 Å². The van der Waals surface area contributed by atoms with Crippen LogP contribution in [0.15, 0.2) is 48.7 Å². The van der Waals surface area contributed by atoms with E-state index in [2.05, 4.69) is 0 Å². The van der Waals surface area contributed by atoms with Crippen molar-refractivity contribution in [1.82, 2.24) is 0 Å². The average Bonchev–Trinajstić information content (AvgIpc) is 2.67. The smallest absolute Gasteiger partial charge is 0.485 e. The van der Waals surface area contributed by atoms with Crippen LogP contribution in [-0.4, -0.2) is 45.6 Å². The number of ether oxygens (including phenoxy) is 3. The highest BCUT2D eigenvalue weighted by Gasteiger charge is 2.36. The Kier molecular flexibility index (Phi) is 10.8. The fourth-order valence-electron chi connectivity index (χ4n) is 2.00. The predicted octanol–water partition coefficient (Wildman–Crippen LogP) is 2.35. The van der Waals surface area contributed by atoms with Gasteiger partial charge in [-0.3, -0.25) is 0 Å². The standard InChI is InChI=1S/C17H21FNO3.CHF3O3S/c1-20-10-11-21-14-22-13-16-8-5-9-19(17(16)18)12-15-6-3-2-4-7-15;2-1(3,4)8(5,6)7/h2-9H,10-14H2,1H3;(H,5,6,7)/q+1;/p-1. The molecule has 0 fully saturated rings. The first-order valence-corrected chi connectivity index (χ1v) is 9.84. The Morgan fingerprint density at radius 2 is 1.67 bits per heavy atom. The first-order chi connectivity index (χ1) is 14.1. The minimum Gasteiger partial charge on any atom is -0.741 e. The quantitative estimate of drug-likeness (QED) is 0.110. The van der Waals surface area contributed by atoms with Crippen molar-refractivity contribution in [2.45, 2.75) is 18.7 Å². The summed E-state index contributed by atoms with van der Waals surface area (Å²) in [5.41, 5.74) is -4.09. The van der Waals surface area contributed by atoms with Crippen molar-refractivity contribution in [2.75, 3.05) is 27.1 Å². The van der Waals surface area contributed by atoms with Crippen LogP contribution in [0.4, 0.5) is 17.6 Å². The number of hydrogen-bond donors (Lipinski definition) is 0. The third-order valence-corrected chi connectivity index (χ3v) is 3.98. The number of methoxy groups -OCH3 is 1. The Balaban J connectivity index is 0.000000479. The first-order valence-electron chi connectivity index (χ1n) is 8.43. The van der Waals surface area contributed by atoms with E-state index >= 15 is 0 Å². The average molecular weight is 455 g/mol. The molecule has 0 bridgehead atoms. The Labute approximate surface area is 171 Å². The minimum absolute atomic E-state index is 0.121. The summed E-state index contributed by atoms with van der Waals surface area (Å²) in [5.74, 6) is -0.289. The molecule has 2 aromatic rings. The topological polar surface area (TPSA) is 88.8 Å². The van der Waals surface area contributed by atoms with E-state index in [1.165, 1.54) is 0 Å². The van der Waals surface area contributed by atoms with Crippen LogP contribution in [-0.2, 0) is 37.5 Å². The summed E-state index contributed by atoms with van der Waals surface area (Å²) >= 11 is 0. The van der Waals surface area contributed by atoms with Gasteiger partial charge in [0.1, 0.15) is 6.79 Å². The molecule has 0 spiro atoms. The molecule has 0 atom stereocenters. The Bertz CT molecular complexity index is 863. The Morgan fingerprint density at radius 1 is 1.03 bits per heavy atom. The lowest BCUT2D eigenvalue weighted by Crippen LogP contribution is -2.39. The number of hydrogen-bond acceptors (Lipinski definition) is 6. The van der Waals surface area contributed by atoms with Crippen molar-refractivity contribution in [2.24, 2.45) is 0 Å². The van der Waals surface area contributed by atoms with E-state index in [0.717, 1.165) is 5.56 Å². The minimum atomic E-state index is -6.09. The van der Waals surface area contributed by atoms with Crippen LogP contribution in [0.3, 0.4) is 0 Å². The van der Waals surface area contributed by atoms with Crippen molar-refractivity contribution in [3.05, 3.63) is 65.7 Å². The molecule has 0 saturated carbocycles. The number of benzene rings is 1. The maximum atomic E-state index is 14.4. The fourth-order valence-corrected chi connectivity index (χ4v) is 2.00. The van der Waals surface area contributed by atoms with E-state index < -0.39 is 15.6 Å². The molecule has 0 aliphatic heterocycles. The van der Waals surface area contributed by atoms with Crippen LogP contribution >= 0.6 is 0 Å². The van der Waals surface area contributed by atoms with E-state index in [-0.39, 0.29) is 19.3 Å². The van der Waals surface area contributed by atoms with Crippen molar-refractivity contribution in [3.8, 4) is 0 Å². The summed E-state index contributed by atoms with van der Waals surface area (Å²) in [5, 5.41) is 0. The maximum absolute atomic E-state index is 14.4. The van der Waals surface area contributed by atoms with Gasteiger partial charge in [-0.2, -0.15) is 17.7 Å². The molecule has 1 heterocycles.